The minimum atomic E-state index is -1.14. The lowest BCUT2D eigenvalue weighted by Crippen LogP contribution is -2.24. The number of carboxylic acids is 1. The van der Waals surface area contributed by atoms with Gasteiger partial charge in [-0.1, -0.05) is 23.9 Å². The molecule has 22 heavy (non-hydrogen) atoms. The zero-order valence-electron chi connectivity index (χ0n) is 12.4. The van der Waals surface area contributed by atoms with Gasteiger partial charge in [0.25, 0.3) is 0 Å². The van der Waals surface area contributed by atoms with Crippen molar-refractivity contribution in [1.29, 1.82) is 0 Å². The molecule has 0 spiro atoms. The smallest absolute Gasteiger partial charge is 0.192 e. The highest BCUT2D eigenvalue weighted by Crippen LogP contribution is 2.26. The van der Waals surface area contributed by atoms with Crippen LogP contribution >= 0.6 is 11.8 Å². The molecule has 0 amide bonds. The summed E-state index contributed by atoms with van der Waals surface area (Å²) in [5.41, 5.74) is 1.79. The zero-order chi connectivity index (χ0) is 16.1. The van der Waals surface area contributed by atoms with Crippen molar-refractivity contribution < 1.29 is 14.6 Å². The molecular weight excluding hydrogens is 302 g/mol. The Morgan fingerprint density at radius 3 is 2.59 bits per heavy atom. The van der Waals surface area contributed by atoms with Gasteiger partial charge < -0.3 is 14.6 Å². The SMILES string of the molecule is C=C(C)Cn1c(SCC(=O)[O-])nnc1-c1ccc(OC)cc1. The summed E-state index contributed by atoms with van der Waals surface area (Å²) < 4.78 is 6.98. The number of hydrogen-bond donors (Lipinski definition) is 0. The average Bonchev–Trinajstić information content (AvgIpc) is 2.87. The Kier molecular flexibility index (Phi) is 5.21. The molecule has 0 unspecified atom stereocenters. The van der Waals surface area contributed by atoms with E-state index in [1.54, 1.807) is 7.11 Å². The summed E-state index contributed by atoms with van der Waals surface area (Å²) in [6.45, 7) is 6.31. The molecule has 7 heteroatoms. The van der Waals surface area contributed by atoms with Gasteiger partial charge >= 0.3 is 0 Å². The van der Waals surface area contributed by atoms with Gasteiger partial charge in [-0.05, 0) is 31.2 Å². The van der Waals surface area contributed by atoms with Crippen LogP contribution in [0.3, 0.4) is 0 Å². The number of benzene rings is 1. The molecule has 0 atom stereocenters. The van der Waals surface area contributed by atoms with Crippen LogP contribution in [0.5, 0.6) is 5.75 Å². The van der Waals surface area contributed by atoms with E-state index in [1.165, 1.54) is 0 Å². The van der Waals surface area contributed by atoms with E-state index in [9.17, 15) is 9.90 Å². The molecule has 0 N–H and O–H groups in total. The fraction of sp³-hybridized carbons (Fsp3) is 0.267. The normalized spacial score (nSPS) is 10.5. The second-order valence-corrected chi connectivity index (χ2v) is 5.68. The van der Waals surface area contributed by atoms with Crippen LogP contribution in [0.15, 0.2) is 41.6 Å². The van der Waals surface area contributed by atoms with E-state index in [2.05, 4.69) is 16.8 Å². The summed E-state index contributed by atoms with van der Waals surface area (Å²) >= 11 is 1.08. The van der Waals surface area contributed by atoms with E-state index < -0.39 is 5.97 Å². The highest BCUT2D eigenvalue weighted by atomic mass is 32.2. The van der Waals surface area contributed by atoms with Crippen LogP contribution in [0.1, 0.15) is 6.92 Å². The molecule has 2 rings (SSSR count). The molecule has 0 aliphatic carbocycles. The highest BCUT2D eigenvalue weighted by Gasteiger charge is 2.14. The van der Waals surface area contributed by atoms with E-state index >= 15 is 0 Å². The maximum atomic E-state index is 10.6. The summed E-state index contributed by atoms with van der Waals surface area (Å²) in [6, 6.07) is 7.43. The average molecular weight is 318 g/mol. The first-order valence-corrected chi connectivity index (χ1v) is 7.54. The van der Waals surface area contributed by atoms with Crippen molar-refractivity contribution in [1.82, 2.24) is 14.8 Å². The Hall–Kier alpha value is -2.28. The first kappa shape index (κ1) is 16.1. The van der Waals surface area contributed by atoms with E-state index in [4.69, 9.17) is 4.74 Å². The summed E-state index contributed by atoms with van der Waals surface area (Å²) in [7, 11) is 1.60. The van der Waals surface area contributed by atoms with Crippen molar-refractivity contribution >= 4 is 17.7 Å². The molecule has 0 radical (unpaired) electrons. The quantitative estimate of drug-likeness (QED) is 0.566. The summed E-state index contributed by atoms with van der Waals surface area (Å²) in [4.78, 5) is 10.6. The van der Waals surface area contributed by atoms with Crippen molar-refractivity contribution in [2.75, 3.05) is 12.9 Å². The molecule has 0 saturated carbocycles. The third-order valence-electron chi connectivity index (χ3n) is 2.81. The fourth-order valence-electron chi connectivity index (χ4n) is 1.89. The number of carboxylic acid groups (broad SMARTS) is 1. The van der Waals surface area contributed by atoms with Gasteiger partial charge in [0.2, 0.25) is 0 Å². The van der Waals surface area contributed by atoms with E-state index in [0.29, 0.717) is 17.5 Å². The van der Waals surface area contributed by atoms with Gasteiger partial charge in [-0.2, -0.15) is 0 Å². The number of thioether (sulfide) groups is 1. The number of carbonyl (C=O) groups excluding carboxylic acids is 1. The number of aliphatic carboxylic acids is 1. The van der Waals surface area contributed by atoms with Crippen molar-refractivity contribution in [3.63, 3.8) is 0 Å². The molecule has 0 aliphatic heterocycles. The molecule has 0 bridgehead atoms. The highest BCUT2D eigenvalue weighted by molar-refractivity contribution is 7.99. The first-order chi connectivity index (χ1) is 10.5. The van der Waals surface area contributed by atoms with Gasteiger partial charge in [-0.3, -0.25) is 4.57 Å². The van der Waals surface area contributed by atoms with Gasteiger partial charge in [-0.15, -0.1) is 10.2 Å². The third-order valence-corrected chi connectivity index (χ3v) is 3.75. The molecule has 6 nitrogen and oxygen atoms in total. The molecule has 1 heterocycles. The van der Waals surface area contributed by atoms with Crippen LogP contribution < -0.4 is 9.84 Å². The molecule has 1 aromatic heterocycles. The van der Waals surface area contributed by atoms with Crippen LogP contribution in [0.25, 0.3) is 11.4 Å². The Morgan fingerprint density at radius 2 is 2.05 bits per heavy atom. The number of nitrogens with zero attached hydrogens (tertiary/aromatic N) is 3. The van der Waals surface area contributed by atoms with Crippen LogP contribution in [-0.4, -0.2) is 33.6 Å². The van der Waals surface area contributed by atoms with Crippen molar-refractivity contribution in [3.05, 3.63) is 36.4 Å². The Labute approximate surface area is 132 Å². The Morgan fingerprint density at radius 1 is 1.36 bits per heavy atom. The maximum Gasteiger partial charge on any atom is 0.192 e. The third kappa shape index (κ3) is 3.88. The minimum absolute atomic E-state index is 0.170. The molecule has 1 aromatic carbocycles. The molecule has 116 valence electrons. The van der Waals surface area contributed by atoms with E-state index in [0.717, 1.165) is 28.6 Å². The number of methoxy groups -OCH3 is 1. The lowest BCUT2D eigenvalue weighted by atomic mass is 10.2. The first-order valence-electron chi connectivity index (χ1n) is 6.56. The van der Waals surface area contributed by atoms with Crippen molar-refractivity contribution in [2.24, 2.45) is 0 Å². The summed E-state index contributed by atoms with van der Waals surface area (Å²) in [5, 5.41) is 19.4. The van der Waals surface area contributed by atoms with Gasteiger partial charge in [0.1, 0.15) is 5.75 Å². The predicted octanol–water partition coefficient (Wildman–Crippen LogP) is 1.37. The van der Waals surface area contributed by atoms with E-state index in [1.807, 2.05) is 35.8 Å². The number of hydrogen-bond acceptors (Lipinski definition) is 6. The van der Waals surface area contributed by atoms with Gasteiger partial charge in [0.15, 0.2) is 11.0 Å². The second kappa shape index (κ2) is 7.13. The molecule has 0 aliphatic rings. The van der Waals surface area contributed by atoms with Gasteiger partial charge in [0.05, 0.1) is 13.1 Å². The van der Waals surface area contributed by atoms with Crippen molar-refractivity contribution in [2.45, 2.75) is 18.6 Å². The number of ether oxygens (including phenoxy) is 1. The number of allylic oxidation sites excluding steroid dienone is 1. The van der Waals surface area contributed by atoms with Crippen molar-refractivity contribution in [3.8, 4) is 17.1 Å². The number of rotatable bonds is 7. The Bertz CT molecular complexity index is 680. The number of carbonyl (C=O) groups is 1. The largest absolute Gasteiger partial charge is 0.549 e. The molecule has 2 aromatic rings. The topological polar surface area (TPSA) is 80.1 Å². The lowest BCUT2D eigenvalue weighted by molar-refractivity contribution is -0.301. The van der Waals surface area contributed by atoms with Crippen LogP contribution in [0, 0.1) is 0 Å². The molecular formula is C15H16N3O3S-. The summed E-state index contributed by atoms with van der Waals surface area (Å²) in [6.07, 6.45) is 0. The zero-order valence-corrected chi connectivity index (χ0v) is 13.2. The maximum absolute atomic E-state index is 10.6. The van der Waals surface area contributed by atoms with Gasteiger partial charge in [-0.25, -0.2) is 0 Å². The standard InChI is InChI=1S/C15H17N3O3S/c1-10(2)8-18-14(11-4-6-12(21-3)7-5-11)16-17-15(18)22-9-13(19)20/h4-7H,1,8-9H2,2-3H3,(H,19,20)/p-1. The predicted molar refractivity (Wildman–Crippen MR) is 82.6 cm³/mol. The summed E-state index contributed by atoms with van der Waals surface area (Å²) in [5.74, 6) is 0.102. The van der Waals surface area contributed by atoms with E-state index in [-0.39, 0.29) is 5.75 Å². The van der Waals surface area contributed by atoms with Crippen LogP contribution in [0.2, 0.25) is 0 Å². The molecule has 0 fully saturated rings. The molecule has 0 saturated heterocycles. The monoisotopic (exact) mass is 318 g/mol. The fourth-order valence-corrected chi connectivity index (χ4v) is 2.54. The number of aromatic nitrogens is 3. The van der Waals surface area contributed by atoms with Crippen LogP contribution in [-0.2, 0) is 11.3 Å². The lowest BCUT2D eigenvalue weighted by Gasteiger charge is -2.10. The van der Waals surface area contributed by atoms with Gasteiger partial charge in [0, 0.05) is 17.9 Å². The second-order valence-electron chi connectivity index (χ2n) is 4.74. The minimum Gasteiger partial charge on any atom is -0.549 e. The van der Waals surface area contributed by atoms with Crippen LogP contribution in [0.4, 0.5) is 0 Å². The Balaban J connectivity index is 2.36.